The van der Waals surface area contributed by atoms with Gasteiger partial charge in [-0.15, -0.1) is 0 Å². The molecular formula is C7H7BN2O2. The minimum Gasteiger partial charge on any atom is -0.423 e. The molecule has 0 saturated carbocycles. The Labute approximate surface area is 70.3 Å². The van der Waals surface area contributed by atoms with Crippen molar-refractivity contribution in [2.45, 2.75) is 6.92 Å². The molecule has 0 bridgehead atoms. The van der Waals surface area contributed by atoms with Crippen LogP contribution >= 0.6 is 0 Å². The van der Waals surface area contributed by atoms with Gasteiger partial charge in [-0.3, -0.25) is 0 Å². The van der Waals surface area contributed by atoms with Crippen LogP contribution < -0.4 is 5.46 Å². The number of pyridine rings is 1. The molecule has 0 radical (unpaired) electrons. The van der Waals surface area contributed by atoms with E-state index in [0.29, 0.717) is 11.2 Å². The van der Waals surface area contributed by atoms with Gasteiger partial charge in [-0.1, -0.05) is 6.07 Å². The van der Waals surface area contributed by atoms with Crippen molar-refractivity contribution in [2.24, 2.45) is 0 Å². The monoisotopic (exact) mass is 162 g/mol. The highest BCUT2D eigenvalue weighted by Gasteiger charge is 2.14. The Morgan fingerprint density at radius 1 is 1.50 bits per heavy atom. The summed E-state index contributed by atoms with van der Waals surface area (Å²) in [4.78, 5) is 3.83. The molecule has 5 heteroatoms. The van der Waals surface area contributed by atoms with Crippen LogP contribution in [0.15, 0.2) is 12.1 Å². The number of hydrogen-bond acceptors (Lipinski definition) is 4. The molecule has 0 spiro atoms. The van der Waals surface area contributed by atoms with Crippen LogP contribution in [0.25, 0.3) is 0 Å². The first-order valence-electron chi connectivity index (χ1n) is 3.39. The zero-order valence-corrected chi connectivity index (χ0v) is 6.52. The number of aryl methyl sites for hydroxylation is 1. The number of hydrogen-bond donors (Lipinski definition) is 2. The van der Waals surface area contributed by atoms with Crippen LogP contribution in [0, 0.1) is 18.3 Å². The fraction of sp³-hybridized carbons (Fsp3) is 0.143. The van der Waals surface area contributed by atoms with Gasteiger partial charge in [0.25, 0.3) is 0 Å². The van der Waals surface area contributed by atoms with Crippen molar-refractivity contribution in [1.29, 1.82) is 5.26 Å². The number of nitrogens with zero attached hydrogens (tertiary/aromatic N) is 2. The van der Waals surface area contributed by atoms with E-state index in [1.165, 1.54) is 12.1 Å². The maximum Gasteiger partial charge on any atom is 0.490 e. The molecule has 60 valence electrons. The quantitative estimate of drug-likeness (QED) is 0.516. The molecule has 0 saturated heterocycles. The van der Waals surface area contributed by atoms with Gasteiger partial charge in [0.05, 0.1) is 0 Å². The van der Waals surface area contributed by atoms with Crippen LogP contribution in [-0.4, -0.2) is 22.2 Å². The molecule has 0 aromatic carbocycles. The highest BCUT2D eigenvalue weighted by Crippen LogP contribution is 1.94. The molecule has 0 aliphatic rings. The van der Waals surface area contributed by atoms with E-state index in [1.807, 2.05) is 6.07 Å². The van der Waals surface area contributed by atoms with E-state index in [4.69, 9.17) is 15.3 Å². The molecule has 0 fully saturated rings. The second-order valence-electron chi connectivity index (χ2n) is 2.36. The Hall–Kier alpha value is -1.38. The Morgan fingerprint density at radius 3 is 2.58 bits per heavy atom. The third-order valence-electron chi connectivity index (χ3n) is 1.52. The van der Waals surface area contributed by atoms with E-state index in [2.05, 4.69) is 4.98 Å². The fourth-order valence-corrected chi connectivity index (χ4v) is 0.907. The molecule has 0 aliphatic carbocycles. The van der Waals surface area contributed by atoms with Gasteiger partial charge in [-0.05, 0) is 13.0 Å². The lowest BCUT2D eigenvalue weighted by Crippen LogP contribution is -2.32. The van der Waals surface area contributed by atoms with Gasteiger partial charge < -0.3 is 10.0 Å². The third-order valence-corrected chi connectivity index (χ3v) is 1.52. The first kappa shape index (κ1) is 8.72. The van der Waals surface area contributed by atoms with Crippen LogP contribution in [0.5, 0.6) is 0 Å². The summed E-state index contributed by atoms with van der Waals surface area (Å²) >= 11 is 0. The number of rotatable bonds is 1. The molecule has 1 aromatic heterocycles. The van der Waals surface area contributed by atoms with E-state index in [-0.39, 0.29) is 5.69 Å². The summed E-state index contributed by atoms with van der Waals surface area (Å²) in [6.07, 6.45) is 0. The standard InChI is InChI=1S/C7H7BN2O2/c1-5-7(8(11)12)3-2-6(4-9)10-5/h2-3,11-12H,1H3. The average molecular weight is 162 g/mol. The summed E-state index contributed by atoms with van der Waals surface area (Å²) in [5.41, 5.74) is 1.06. The molecule has 1 aromatic rings. The summed E-state index contributed by atoms with van der Waals surface area (Å²) < 4.78 is 0. The minimum absolute atomic E-state index is 0.275. The first-order chi connectivity index (χ1) is 5.65. The third kappa shape index (κ3) is 1.61. The van der Waals surface area contributed by atoms with Crippen LogP contribution in [0.4, 0.5) is 0 Å². The second kappa shape index (κ2) is 3.35. The van der Waals surface area contributed by atoms with Crippen molar-refractivity contribution in [3.8, 4) is 6.07 Å². The smallest absolute Gasteiger partial charge is 0.423 e. The van der Waals surface area contributed by atoms with Crippen molar-refractivity contribution in [1.82, 2.24) is 4.98 Å². The fourth-order valence-electron chi connectivity index (χ4n) is 0.907. The van der Waals surface area contributed by atoms with Crippen LogP contribution in [-0.2, 0) is 0 Å². The van der Waals surface area contributed by atoms with Crippen molar-refractivity contribution in [3.63, 3.8) is 0 Å². The second-order valence-corrected chi connectivity index (χ2v) is 2.36. The Morgan fingerprint density at radius 2 is 2.17 bits per heavy atom. The zero-order chi connectivity index (χ0) is 9.14. The summed E-state index contributed by atoms with van der Waals surface area (Å²) in [6, 6.07) is 4.78. The topological polar surface area (TPSA) is 77.1 Å². The molecule has 0 aliphatic heterocycles. The molecule has 1 heterocycles. The van der Waals surface area contributed by atoms with E-state index in [0.717, 1.165) is 0 Å². The summed E-state index contributed by atoms with van der Waals surface area (Å²) in [5, 5.41) is 26.1. The van der Waals surface area contributed by atoms with Crippen molar-refractivity contribution in [3.05, 3.63) is 23.5 Å². The molecule has 12 heavy (non-hydrogen) atoms. The highest BCUT2D eigenvalue weighted by molar-refractivity contribution is 6.59. The predicted octanol–water partition coefficient (Wildman–Crippen LogP) is -1.06. The molecule has 0 unspecified atom stereocenters. The number of nitriles is 1. The summed E-state index contributed by atoms with van der Waals surface area (Å²) in [6.45, 7) is 1.62. The van der Waals surface area contributed by atoms with E-state index < -0.39 is 7.12 Å². The van der Waals surface area contributed by atoms with Gasteiger partial charge >= 0.3 is 7.12 Å². The summed E-state index contributed by atoms with van der Waals surface area (Å²) in [7, 11) is -1.52. The van der Waals surface area contributed by atoms with Crippen molar-refractivity contribution in [2.75, 3.05) is 0 Å². The molecular weight excluding hydrogens is 155 g/mol. The number of aromatic nitrogens is 1. The van der Waals surface area contributed by atoms with Gasteiger partial charge in [0.1, 0.15) is 11.8 Å². The lowest BCUT2D eigenvalue weighted by molar-refractivity contribution is 0.425. The normalized spacial score (nSPS) is 9.17. The van der Waals surface area contributed by atoms with Crippen molar-refractivity contribution >= 4 is 12.6 Å². The molecule has 2 N–H and O–H groups in total. The SMILES string of the molecule is Cc1nc(C#N)ccc1B(O)O. The van der Waals surface area contributed by atoms with Crippen LogP contribution in [0.1, 0.15) is 11.4 Å². The van der Waals surface area contributed by atoms with Gasteiger partial charge in [0.15, 0.2) is 0 Å². The van der Waals surface area contributed by atoms with Gasteiger partial charge in [-0.25, -0.2) is 4.98 Å². The van der Waals surface area contributed by atoms with Gasteiger partial charge in [-0.2, -0.15) is 5.26 Å². The Bertz CT molecular complexity index is 333. The largest absolute Gasteiger partial charge is 0.490 e. The molecule has 0 atom stereocenters. The van der Waals surface area contributed by atoms with E-state index in [9.17, 15) is 0 Å². The molecule has 0 amide bonds. The summed E-state index contributed by atoms with van der Waals surface area (Å²) in [5.74, 6) is 0. The Kier molecular flexibility index (Phi) is 2.43. The average Bonchev–Trinajstić information content (AvgIpc) is 2.03. The maximum atomic E-state index is 8.80. The van der Waals surface area contributed by atoms with Crippen LogP contribution in [0.3, 0.4) is 0 Å². The lowest BCUT2D eigenvalue weighted by Gasteiger charge is -2.02. The maximum absolute atomic E-state index is 8.80. The van der Waals surface area contributed by atoms with Crippen LogP contribution in [0.2, 0.25) is 0 Å². The first-order valence-corrected chi connectivity index (χ1v) is 3.39. The van der Waals surface area contributed by atoms with Gasteiger partial charge in [0, 0.05) is 11.2 Å². The lowest BCUT2D eigenvalue weighted by atomic mass is 9.79. The molecule has 4 nitrogen and oxygen atoms in total. The van der Waals surface area contributed by atoms with E-state index >= 15 is 0 Å². The molecule has 1 rings (SSSR count). The van der Waals surface area contributed by atoms with E-state index in [1.54, 1.807) is 6.92 Å². The Balaban J connectivity index is 3.14. The highest BCUT2D eigenvalue weighted by atomic mass is 16.4. The van der Waals surface area contributed by atoms with Crippen molar-refractivity contribution < 1.29 is 10.0 Å². The zero-order valence-electron chi connectivity index (χ0n) is 6.52. The minimum atomic E-state index is -1.52. The van der Waals surface area contributed by atoms with Gasteiger partial charge in [0.2, 0.25) is 0 Å². The predicted molar refractivity (Wildman–Crippen MR) is 43.5 cm³/mol.